The van der Waals surface area contributed by atoms with Crippen LogP contribution in [0.1, 0.15) is 56.8 Å². The van der Waals surface area contributed by atoms with Crippen LogP contribution >= 0.6 is 0 Å². The fourth-order valence-electron chi connectivity index (χ4n) is 2.75. The van der Waals surface area contributed by atoms with Crippen molar-refractivity contribution in [1.29, 1.82) is 0 Å². The first-order valence-electron chi connectivity index (χ1n) is 7.44. The summed E-state index contributed by atoms with van der Waals surface area (Å²) in [6.07, 6.45) is 4.73. The van der Waals surface area contributed by atoms with E-state index in [0.717, 1.165) is 43.3 Å². The molecule has 0 bridgehead atoms. The summed E-state index contributed by atoms with van der Waals surface area (Å²) in [7, 11) is 0. The molecular weight excluding hydrogens is 236 g/mol. The van der Waals surface area contributed by atoms with Gasteiger partial charge in [0.15, 0.2) is 0 Å². The first-order chi connectivity index (χ1) is 9.11. The smallest absolute Gasteiger partial charge is 0.226 e. The number of rotatable bonds is 5. The van der Waals surface area contributed by atoms with Crippen LogP contribution in [0.2, 0.25) is 0 Å². The molecule has 0 spiro atoms. The monoisotopic (exact) mass is 262 g/mol. The van der Waals surface area contributed by atoms with Crippen molar-refractivity contribution >= 4 is 5.95 Å². The molecule has 0 aromatic carbocycles. The van der Waals surface area contributed by atoms with E-state index in [4.69, 9.17) is 10.7 Å². The average Bonchev–Trinajstić information content (AvgIpc) is 2.83. The predicted molar refractivity (Wildman–Crippen MR) is 79.5 cm³/mol. The SMILES string of the molecule is Cc1cc(C(C)C)nc(N2CCCC2CCCN)n1. The van der Waals surface area contributed by atoms with E-state index in [1.165, 1.54) is 12.8 Å². The van der Waals surface area contributed by atoms with Crippen LogP contribution in [0.15, 0.2) is 6.07 Å². The van der Waals surface area contributed by atoms with Crippen LogP contribution in [0, 0.1) is 6.92 Å². The van der Waals surface area contributed by atoms with Gasteiger partial charge in [0.1, 0.15) is 0 Å². The van der Waals surface area contributed by atoms with Crippen molar-refractivity contribution in [2.24, 2.45) is 5.73 Å². The van der Waals surface area contributed by atoms with E-state index in [9.17, 15) is 0 Å². The summed E-state index contributed by atoms with van der Waals surface area (Å²) in [4.78, 5) is 11.8. The Morgan fingerprint density at radius 2 is 2.21 bits per heavy atom. The maximum absolute atomic E-state index is 5.63. The van der Waals surface area contributed by atoms with Crippen molar-refractivity contribution < 1.29 is 0 Å². The number of hydrogen-bond acceptors (Lipinski definition) is 4. The zero-order chi connectivity index (χ0) is 13.8. The molecule has 4 nitrogen and oxygen atoms in total. The molecule has 0 aliphatic carbocycles. The molecule has 0 radical (unpaired) electrons. The third kappa shape index (κ3) is 3.44. The van der Waals surface area contributed by atoms with Gasteiger partial charge in [-0.15, -0.1) is 0 Å². The third-order valence-corrected chi connectivity index (χ3v) is 3.83. The summed E-state index contributed by atoms with van der Waals surface area (Å²) < 4.78 is 0. The van der Waals surface area contributed by atoms with Crippen LogP contribution < -0.4 is 10.6 Å². The Hall–Kier alpha value is -1.16. The summed E-state index contributed by atoms with van der Waals surface area (Å²) in [6.45, 7) is 8.28. The first kappa shape index (κ1) is 14.3. The lowest BCUT2D eigenvalue weighted by Crippen LogP contribution is -2.31. The van der Waals surface area contributed by atoms with Crippen LogP contribution in [-0.4, -0.2) is 29.1 Å². The second kappa shape index (κ2) is 6.33. The van der Waals surface area contributed by atoms with Gasteiger partial charge in [-0.2, -0.15) is 0 Å². The molecule has 1 unspecified atom stereocenters. The summed E-state index contributed by atoms with van der Waals surface area (Å²) in [5, 5.41) is 0. The van der Waals surface area contributed by atoms with E-state index in [2.05, 4.69) is 36.7 Å². The van der Waals surface area contributed by atoms with Crippen molar-refractivity contribution in [3.63, 3.8) is 0 Å². The van der Waals surface area contributed by atoms with Gasteiger partial charge >= 0.3 is 0 Å². The van der Waals surface area contributed by atoms with Gasteiger partial charge in [-0.1, -0.05) is 13.8 Å². The molecule has 2 rings (SSSR count). The van der Waals surface area contributed by atoms with E-state index in [1.807, 2.05) is 0 Å². The summed E-state index contributed by atoms with van der Waals surface area (Å²) in [5.74, 6) is 1.37. The van der Waals surface area contributed by atoms with Crippen LogP contribution in [0.5, 0.6) is 0 Å². The van der Waals surface area contributed by atoms with Crippen LogP contribution in [0.3, 0.4) is 0 Å². The normalized spacial score (nSPS) is 19.4. The Morgan fingerprint density at radius 3 is 2.89 bits per heavy atom. The minimum Gasteiger partial charge on any atom is -0.338 e. The van der Waals surface area contributed by atoms with Gasteiger partial charge in [0.25, 0.3) is 0 Å². The topological polar surface area (TPSA) is 55.0 Å². The van der Waals surface area contributed by atoms with Crippen molar-refractivity contribution in [3.8, 4) is 0 Å². The molecule has 1 saturated heterocycles. The Labute approximate surface area is 116 Å². The van der Waals surface area contributed by atoms with Crippen LogP contribution in [0.25, 0.3) is 0 Å². The van der Waals surface area contributed by atoms with E-state index < -0.39 is 0 Å². The molecule has 1 fully saturated rings. The predicted octanol–water partition coefficient (Wildman–Crippen LogP) is 2.62. The van der Waals surface area contributed by atoms with Gasteiger partial charge in [-0.3, -0.25) is 0 Å². The van der Waals surface area contributed by atoms with Gasteiger partial charge in [0, 0.05) is 24.0 Å². The van der Waals surface area contributed by atoms with Gasteiger partial charge in [-0.25, -0.2) is 9.97 Å². The Morgan fingerprint density at radius 1 is 1.42 bits per heavy atom. The molecule has 1 aromatic rings. The summed E-state index contributed by atoms with van der Waals surface area (Å²) >= 11 is 0. The first-order valence-corrected chi connectivity index (χ1v) is 7.44. The zero-order valence-electron chi connectivity index (χ0n) is 12.4. The number of aromatic nitrogens is 2. The molecular formula is C15H26N4. The maximum Gasteiger partial charge on any atom is 0.226 e. The number of hydrogen-bond donors (Lipinski definition) is 1. The lowest BCUT2D eigenvalue weighted by molar-refractivity contribution is 0.576. The number of nitrogens with zero attached hydrogens (tertiary/aromatic N) is 3. The standard InChI is InChI=1S/C15H26N4/c1-11(2)14-10-12(3)17-15(18-14)19-9-5-7-13(19)6-4-8-16/h10-11,13H,4-9,16H2,1-3H3. The van der Waals surface area contributed by atoms with E-state index >= 15 is 0 Å². The van der Waals surface area contributed by atoms with E-state index in [0.29, 0.717) is 12.0 Å². The molecule has 1 aliphatic rings. The Bertz CT molecular complexity index is 417. The Kier molecular flexibility index (Phi) is 4.75. The van der Waals surface area contributed by atoms with Gasteiger partial charge in [0.05, 0.1) is 0 Å². The largest absolute Gasteiger partial charge is 0.338 e. The highest BCUT2D eigenvalue weighted by Crippen LogP contribution is 2.26. The second-order valence-electron chi connectivity index (χ2n) is 5.81. The Balaban J connectivity index is 2.20. The number of aryl methyl sites for hydroxylation is 1. The maximum atomic E-state index is 5.63. The molecule has 19 heavy (non-hydrogen) atoms. The van der Waals surface area contributed by atoms with Crippen LogP contribution in [-0.2, 0) is 0 Å². The molecule has 4 heteroatoms. The summed E-state index contributed by atoms with van der Waals surface area (Å²) in [5.41, 5.74) is 7.84. The molecule has 1 aliphatic heterocycles. The lowest BCUT2D eigenvalue weighted by Gasteiger charge is -2.25. The van der Waals surface area contributed by atoms with E-state index in [1.54, 1.807) is 0 Å². The molecule has 0 amide bonds. The van der Waals surface area contributed by atoms with Crippen LogP contribution in [0.4, 0.5) is 5.95 Å². The molecule has 106 valence electrons. The molecule has 0 saturated carbocycles. The van der Waals surface area contributed by atoms with Crippen molar-refractivity contribution in [2.75, 3.05) is 18.0 Å². The van der Waals surface area contributed by atoms with Crippen molar-refractivity contribution in [1.82, 2.24) is 9.97 Å². The highest BCUT2D eigenvalue weighted by molar-refractivity contribution is 5.36. The molecule has 2 N–H and O–H groups in total. The number of nitrogens with two attached hydrogens (primary N) is 1. The zero-order valence-corrected chi connectivity index (χ0v) is 12.4. The minimum absolute atomic E-state index is 0.450. The van der Waals surface area contributed by atoms with Crippen molar-refractivity contribution in [2.45, 2.75) is 58.4 Å². The molecule has 1 aromatic heterocycles. The highest BCUT2D eigenvalue weighted by Gasteiger charge is 2.26. The third-order valence-electron chi connectivity index (χ3n) is 3.83. The van der Waals surface area contributed by atoms with E-state index in [-0.39, 0.29) is 0 Å². The summed E-state index contributed by atoms with van der Waals surface area (Å²) in [6, 6.07) is 2.67. The molecule has 1 atom stereocenters. The van der Waals surface area contributed by atoms with Crippen molar-refractivity contribution in [3.05, 3.63) is 17.5 Å². The lowest BCUT2D eigenvalue weighted by atomic mass is 10.1. The fourth-order valence-corrected chi connectivity index (χ4v) is 2.75. The fraction of sp³-hybridized carbons (Fsp3) is 0.733. The second-order valence-corrected chi connectivity index (χ2v) is 5.81. The minimum atomic E-state index is 0.450. The average molecular weight is 262 g/mol. The highest BCUT2D eigenvalue weighted by atomic mass is 15.3. The van der Waals surface area contributed by atoms with Gasteiger partial charge < -0.3 is 10.6 Å². The molecule has 2 heterocycles. The quantitative estimate of drug-likeness (QED) is 0.886. The number of anilines is 1. The van der Waals surface area contributed by atoms with Gasteiger partial charge in [-0.05, 0) is 51.1 Å². The van der Waals surface area contributed by atoms with Gasteiger partial charge in [0.2, 0.25) is 5.95 Å².